The first-order valence-corrected chi connectivity index (χ1v) is 12.9. The molecular formula is C24H36N4O2S. The third-order valence-corrected chi connectivity index (χ3v) is 7.86. The molecule has 7 heteroatoms. The molecule has 1 unspecified atom stereocenters. The van der Waals surface area contributed by atoms with Crippen molar-refractivity contribution in [2.24, 2.45) is 0 Å². The van der Waals surface area contributed by atoms with E-state index >= 15 is 0 Å². The zero-order valence-electron chi connectivity index (χ0n) is 18.9. The van der Waals surface area contributed by atoms with Gasteiger partial charge in [0.05, 0.1) is 16.8 Å². The molecule has 1 aliphatic heterocycles. The van der Waals surface area contributed by atoms with Crippen molar-refractivity contribution in [1.82, 2.24) is 19.7 Å². The molecule has 4 rings (SSSR count). The van der Waals surface area contributed by atoms with Crippen molar-refractivity contribution in [3.05, 3.63) is 23.2 Å². The first kappa shape index (κ1) is 22.3. The average Bonchev–Trinajstić information content (AvgIpc) is 3.27. The van der Waals surface area contributed by atoms with Gasteiger partial charge in [0.25, 0.3) is 5.91 Å². The lowest BCUT2D eigenvalue weighted by molar-refractivity contribution is -0.127. The number of amides is 2. The number of hydrogen-bond acceptors (Lipinski definition) is 4. The Bertz CT molecular complexity index is 893. The summed E-state index contributed by atoms with van der Waals surface area (Å²) in [5.74, 6) is 0.0148. The zero-order chi connectivity index (χ0) is 21.8. The summed E-state index contributed by atoms with van der Waals surface area (Å²) in [6, 6.07) is 3.87. The van der Waals surface area contributed by atoms with Gasteiger partial charge in [-0.2, -0.15) is 0 Å². The molecule has 170 valence electrons. The van der Waals surface area contributed by atoms with Crippen molar-refractivity contribution in [3.8, 4) is 0 Å². The van der Waals surface area contributed by atoms with E-state index in [2.05, 4.69) is 40.1 Å². The molecule has 0 radical (unpaired) electrons. The summed E-state index contributed by atoms with van der Waals surface area (Å²) < 4.78 is 3.18. The van der Waals surface area contributed by atoms with Crippen LogP contribution >= 0.6 is 11.3 Å². The van der Waals surface area contributed by atoms with Crippen LogP contribution in [0.15, 0.2) is 17.5 Å². The van der Waals surface area contributed by atoms with Gasteiger partial charge in [0.2, 0.25) is 5.91 Å². The molecule has 6 nitrogen and oxygen atoms in total. The SMILES string of the molecule is CCN(CC)CCCN1C(=O)c2cc3sccc3n2CC1C(=O)NC1CCCCCC1. The van der Waals surface area contributed by atoms with Crippen molar-refractivity contribution in [3.63, 3.8) is 0 Å². The minimum absolute atomic E-state index is 0.00443. The standard InChI is InChI=1S/C24H36N4O2S/c1-3-26(4-2)13-9-14-27-21(23(29)25-18-10-7-5-6-8-11-18)17-28-19-12-15-31-22(19)16-20(28)24(27)30/h12,15-16,18,21H,3-11,13-14,17H2,1-2H3,(H,25,29). The monoisotopic (exact) mass is 444 g/mol. The Morgan fingerprint density at radius 1 is 1.19 bits per heavy atom. The topological polar surface area (TPSA) is 57.6 Å². The lowest BCUT2D eigenvalue weighted by Gasteiger charge is -2.37. The van der Waals surface area contributed by atoms with Gasteiger partial charge in [-0.15, -0.1) is 11.3 Å². The molecule has 2 aromatic rings. The van der Waals surface area contributed by atoms with Crippen molar-refractivity contribution in [2.45, 2.75) is 77.4 Å². The molecule has 0 saturated heterocycles. The number of aromatic nitrogens is 1. The molecule has 1 aliphatic carbocycles. The normalized spacial score (nSPS) is 20.3. The third kappa shape index (κ3) is 4.82. The molecule has 1 fully saturated rings. The molecule has 2 aromatic heterocycles. The molecule has 2 amide bonds. The number of carbonyl (C=O) groups is 2. The second kappa shape index (κ2) is 10.2. The molecule has 1 atom stereocenters. The number of fused-ring (bicyclic) bond motifs is 3. The number of rotatable bonds is 8. The summed E-state index contributed by atoms with van der Waals surface area (Å²) in [6.07, 6.45) is 7.87. The van der Waals surface area contributed by atoms with Gasteiger partial charge in [-0.1, -0.05) is 39.5 Å². The van der Waals surface area contributed by atoms with E-state index < -0.39 is 6.04 Å². The fourth-order valence-corrected chi connectivity index (χ4v) is 5.94. The van der Waals surface area contributed by atoms with Gasteiger partial charge < -0.3 is 19.7 Å². The van der Waals surface area contributed by atoms with E-state index in [1.807, 2.05) is 11.0 Å². The minimum Gasteiger partial charge on any atom is -0.352 e. The smallest absolute Gasteiger partial charge is 0.271 e. The maximum Gasteiger partial charge on any atom is 0.271 e. The zero-order valence-corrected chi connectivity index (χ0v) is 19.8. The summed E-state index contributed by atoms with van der Waals surface area (Å²) in [6.45, 7) is 8.46. The van der Waals surface area contributed by atoms with E-state index in [-0.39, 0.29) is 17.9 Å². The highest BCUT2D eigenvalue weighted by molar-refractivity contribution is 7.17. The Balaban J connectivity index is 1.53. The maximum atomic E-state index is 13.5. The van der Waals surface area contributed by atoms with Gasteiger partial charge in [0.15, 0.2) is 0 Å². The summed E-state index contributed by atoms with van der Waals surface area (Å²) in [4.78, 5) is 31.1. The summed E-state index contributed by atoms with van der Waals surface area (Å²) >= 11 is 1.65. The molecular weight excluding hydrogens is 408 g/mol. The summed E-state index contributed by atoms with van der Waals surface area (Å²) in [7, 11) is 0. The quantitative estimate of drug-likeness (QED) is 0.624. The van der Waals surface area contributed by atoms with E-state index in [0.29, 0.717) is 13.1 Å². The predicted molar refractivity (Wildman–Crippen MR) is 127 cm³/mol. The van der Waals surface area contributed by atoms with Gasteiger partial charge in [-0.3, -0.25) is 9.59 Å². The van der Waals surface area contributed by atoms with E-state index in [9.17, 15) is 9.59 Å². The van der Waals surface area contributed by atoms with Crippen molar-refractivity contribution in [2.75, 3.05) is 26.2 Å². The lowest BCUT2D eigenvalue weighted by atomic mass is 10.1. The van der Waals surface area contributed by atoms with Crippen LogP contribution in [0.2, 0.25) is 0 Å². The first-order chi connectivity index (χ1) is 15.1. The van der Waals surface area contributed by atoms with Gasteiger partial charge in [-0.05, 0) is 56.4 Å². The molecule has 31 heavy (non-hydrogen) atoms. The Hall–Kier alpha value is -1.86. The third-order valence-electron chi connectivity index (χ3n) is 7.01. The Kier molecular flexibility index (Phi) is 7.33. The number of nitrogens with one attached hydrogen (secondary N) is 1. The van der Waals surface area contributed by atoms with E-state index in [4.69, 9.17) is 0 Å². The van der Waals surface area contributed by atoms with Gasteiger partial charge in [0.1, 0.15) is 11.7 Å². The largest absolute Gasteiger partial charge is 0.352 e. The fourth-order valence-electron chi connectivity index (χ4n) is 5.12. The van der Waals surface area contributed by atoms with E-state index in [0.717, 1.165) is 54.8 Å². The van der Waals surface area contributed by atoms with Gasteiger partial charge in [0, 0.05) is 12.6 Å². The summed E-state index contributed by atoms with van der Waals surface area (Å²) in [5, 5.41) is 5.37. The van der Waals surface area contributed by atoms with Crippen molar-refractivity contribution in [1.29, 1.82) is 0 Å². The number of carbonyl (C=O) groups excluding carboxylic acids is 2. The minimum atomic E-state index is -0.435. The second-order valence-electron chi connectivity index (χ2n) is 8.90. The van der Waals surface area contributed by atoms with Crippen LogP contribution in [0.5, 0.6) is 0 Å². The lowest BCUT2D eigenvalue weighted by Crippen LogP contribution is -2.57. The highest BCUT2D eigenvalue weighted by atomic mass is 32.1. The molecule has 2 aliphatic rings. The van der Waals surface area contributed by atoms with Crippen LogP contribution in [-0.4, -0.2) is 64.4 Å². The molecule has 1 saturated carbocycles. The van der Waals surface area contributed by atoms with Crippen LogP contribution in [0.25, 0.3) is 10.2 Å². The fraction of sp³-hybridized carbons (Fsp3) is 0.667. The van der Waals surface area contributed by atoms with Gasteiger partial charge >= 0.3 is 0 Å². The molecule has 0 aromatic carbocycles. The van der Waals surface area contributed by atoms with Gasteiger partial charge in [-0.25, -0.2) is 0 Å². The van der Waals surface area contributed by atoms with Crippen molar-refractivity contribution < 1.29 is 9.59 Å². The Labute approximate surface area is 189 Å². The van der Waals surface area contributed by atoms with Crippen LogP contribution < -0.4 is 5.32 Å². The first-order valence-electron chi connectivity index (χ1n) is 12.0. The summed E-state index contributed by atoms with van der Waals surface area (Å²) in [5.41, 5.74) is 1.80. The highest BCUT2D eigenvalue weighted by Crippen LogP contribution is 2.30. The molecule has 0 bridgehead atoms. The second-order valence-corrected chi connectivity index (χ2v) is 9.85. The maximum absolute atomic E-state index is 13.5. The molecule has 1 N–H and O–H groups in total. The van der Waals surface area contributed by atoms with Crippen molar-refractivity contribution >= 4 is 33.4 Å². The number of nitrogens with zero attached hydrogens (tertiary/aromatic N) is 3. The number of hydrogen-bond donors (Lipinski definition) is 1. The van der Waals surface area contributed by atoms with Crippen LogP contribution in [-0.2, 0) is 11.3 Å². The van der Waals surface area contributed by atoms with E-state index in [1.165, 1.54) is 25.7 Å². The molecule has 0 spiro atoms. The Morgan fingerprint density at radius 2 is 1.94 bits per heavy atom. The Morgan fingerprint density at radius 3 is 2.65 bits per heavy atom. The van der Waals surface area contributed by atoms with Crippen LogP contribution in [0.3, 0.4) is 0 Å². The number of thiophene rings is 1. The van der Waals surface area contributed by atoms with E-state index in [1.54, 1.807) is 11.3 Å². The van der Waals surface area contributed by atoms with Crippen LogP contribution in [0.1, 0.15) is 69.3 Å². The highest BCUT2D eigenvalue weighted by Gasteiger charge is 2.38. The van der Waals surface area contributed by atoms with Crippen LogP contribution in [0, 0.1) is 0 Å². The van der Waals surface area contributed by atoms with Crippen LogP contribution in [0.4, 0.5) is 0 Å². The predicted octanol–water partition coefficient (Wildman–Crippen LogP) is 4.10. The average molecular weight is 445 g/mol. The molecule has 3 heterocycles.